The highest BCUT2D eigenvalue weighted by molar-refractivity contribution is 14.1. The summed E-state index contributed by atoms with van der Waals surface area (Å²) < 4.78 is 1.27. The lowest BCUT2D eigenvalue weighted by atomic mass is 9.83. The number of halogens is 2. The molecule has 1 saturated heterocycles. The first-order valence-electron chi connectivity index (χ1n) is 8.17. The molecule has 4 heteroatoms. The van der Waals surface area contributed by atoms with E-state index in [-0.39, 0.29) is 0 Å². The van der Waals surface area contributed by atoms with Gasteiger partial charge in [0.15, 0.2) is 0 Å². The van der Waals surface area contributed by atoms with Gasteiger partial charge in [-0.05, 0) is 72.5 Å². The van der Waals surface area contributed by atoms with Crippen LogP contribution >= 0.6 is 34.2 Å². The molecule has 1 N–H and O–H groups in total. The number of anilines is 1. The molecule has 1 aromatic rings. The molecule has 21 heavy (non-hydrogen) atoms. The van der Waals surface area contributed by atoms with Crippen LogP contribution in [0.1, 0.15) is 38.5 Å². The van der Waals surface area contributed by atoms with Crippen LogP contribution in [0.4, 0.5) is 5.69 Å². The maximum atomic E-state index is 6.10. The largest absolute Gasteiger partial charge is 0.369 e. The van der Waals surface area contributed by atoms with Gasteiger partial charge in [0, 0.05) is 27.7 Å². The Bertz CT molecular complexity index is 474. The SMILES string of the molecule is Clc1ccc(N2CCCNC(C3CCCCC3)C2)c(I)c1. The normalized spacial score (nSPS) is 24.9. The Morgan fingerprint density at radius 2 is 1.95 bits per heavy atom. The highest BCUT2D eigenvalue weighted by atomic mass is 127. The van der Waals surface area contributed by atoms with Gasteiger partial charge in [-0.1, -0.05) is 30.9 Å². The number of nitrogens with zero attached hydrogens (tertiary/aromatic N) is 1. The first-order chi connectivity index (χ1) is 10.2. The molecule has 2 nitrogen and oxygen atoms in total. The van der Waals surface area contributed by atoms with Crippen LogP contribution in [-0.2, 0) is 0 Å². The number of hydrogen-bond acceptors (Lipinski definition) is 2. The second-order valence-electron chi connectivity index (χ2n) is 6.35. The zero-order valence-corrected chi connectivity index (χ0v) is 15.4. The van der Waals surface area contributed by atoms with Crippen molar-refractivity contribution in [1.29, 1.82) is 0 Å². The van der Waals surface area contributed by atoms with E-state index in [1.807, 2.05) is 6.07 Å². The van der Waals surface area contributed by atoms with Crippen LogP contribution < -0.4 is 10.2 Å². The van der Waals surface area contributed by atoms with Gasteiger partial charge in [0.1, 0.15) is 0 Å². The Labute approximate surface area is 146 Å². The zero-order valence-electron chi connectivity index (χ0n) is 12.5. The monoisotopic (exact) mass is 418 g/mol. The van der Waals surface area contributed by atoms with Crippen molar-refractivity contribution in [3.63, 3.8) is 0 Å². The van der Waals surface area contributed by atoms with Gasteiger partial charge in [-0.15, -0.1) is 0 Å². The fourth-order valence-corrected chi connectivity index (χ4v) is 4.97. The van der Waals surface area contributed by atoms with Gasteiger partial charge in [0.2, 0.25) is 0 Å². The molecule has 2 aliphatic rings. The third kappa shape index (κ3) is 4.05. The van der Waals surface area contributed by atoms with Crippen molar-refractivity contribution in [3.05, 3.63) is 26.8 Å². The van der Waals surface area contributed by atoms with Gasteiger partial charge in [-0.25, -0.2) is 0 Å². The van der Waals surface area contributed by atoms with Gasteiger partial charge in [-0.3, -0.25) is 0 Å². The van der Waals surface area contributed by atoms with E-state index in [4.69, 9.17) is 11.6 Å². The first kappa shape index (κ1) is 15.9. The Balaban J connectivity index is 1.75. The Morgan fingerprint density at radius 1 is 1.14 bits per heavy atom. The molecule has 1 aliphatic carbocycles. The van der Waals surface area contributed by atoms with Crippen molar-refractivity contribution < 1.29 is 0 Å². The summed E-state index contributed by atoms with van der Waals surface area (Å²) in [4.78, 5) is 2.57. The molecule has 116 valence electrons. The van der Waals surface area contributed by atoms with E-state index < -0.39 is 0 Å². The van der Waals surface area contributed by atoms with Crippen molar-refractivity contribution in [1.82, 2.24) is 5.32 Å². The molecule has 0 aromatic heterocycles. The molecule has 1 saturated carbocycles. The van der Waals surface area contributed by atoms with Crippen molar-refractivity contribution in [2.24, 2.45) is 5.92 Å². The van der Waals surface area contributed by atoms with Crippen LogP contribution in [0.25, 0.3) is 0 Å². The molecule has 1 aromatic carbocycles. The summed E-state index contributed by atoms with van der Waals surface area (Å²) in [6.07, 6.45) is 8.30. The minimum absolute atomic E-state index is 0.652. The Kier molecular flexibility index (Phi) is 5.68. The predicted molar refractivity (Wildman–Crippen MR) is 99.4 cm³/mol. The lowest BCUT2D eigenvalue weighted by Crippen LogP contribution is -2.44. The summed E-state index contributed by atoms with van der Waals surface area (Å²) in [5.74, 6) is 0.865. The highest BCUT2D eigenvalue weighted by Crippen LogP contribution is 2.31. The number of benzene rings is 1. The Hall–Kier alpha value is -0.000000000000000111. The summed E-state index contributed by atoms with van der Waals surface area (Å²) in [7, 11) is 0. The number of nitrogens with one attached hydrogen (secondary N) is 1. The molecule has 0 amide bonds. The number of rotatable bonds is 2. The van der Waals surface area contributed by atoms with Crippen molar-refractivity contribution in [2.75, 3.05) is 24.5 Å². The maximum absolute atomic E-state index is 6.10. The minimum Gasteiger partial charge on any atom is -0.369 e. The van der Waals surface area contributed by atoms with Gasteiger partial charge in [-0.2, -0.15) is 0 Å². The molecule has 1 aliphatic heterocycles. The fourth-order valence-electron chi connectivity index (χ4n) is 3.76. The van der Waals surface area contributed by atoms with Crippen LogP contribution in [0.5, 0.6) is 0 Å². The average molecular weight is 419 g/mol. The van der Waals surface area contributed by atoms with E-state index in [0.717, 1.165) is 30.6 Å². The van der Waals surface area contributed by atoms with E-state index in [0.29, 0.717) is 6.04 Å². The van der Waals surface area contributed by atoms with Gasteiger partial charge in [0.05, 0.1) is 5.69 Å². The van der Waals surface area contributed by atoms with Crippen LogP contribution in [0.3, 0.4) is 0 Å². The molecule has 1 heterocycles. The zero-order chi connectivity index (χ0) is 14.7. The summed E-state index contributed by atoms with van der Waals surface area (Å²) >= 11 is 8.52. The van der Waals surface area contributed by atoms with Crippen LogP contribution in [0, 0.1) is 9.49 Å². The molecule has 0 radical (unpaired) electrons. The van der Waals surface area contributed by atoms with Crippen LogP contribution in [0.15, 0.2) is 18.2 Å². The smallest absolute Gasteiger partial charge is 0.0503 e. The Morgan fingerprint density at radius 3 is 2.71 bits per heavy atom. The number of hydrogen-bond donors (Lipinski definition) is 1. The van der Waals surface area contributed by atoms with Gasteiger partial charge in [0.25, 0.3) is 0 Å². The van der Waals surface area contributed by atoms with Crippen LogP contribution in [-0.4, -0.2) is 25.7 Å². The molecule has 3 rings (SSSR count). The fraction of sp³-hybridized carbons (Fsp3) is 0.647. The highest BCUT2D eigenvalue weighted by Gasteiger charge is 2.27. The summed E-state index contributed by atoms with van der Waals surface area (Å²) in [6, 6.07) is 6.94. The van der Waals surface area contributed by atoms with E-state index in [9.17, 15) is 0 Å². The van der Waals surface area contributed by atoms with E-state index in [2.05, 4.69) is 44.9 Å². The molecular formula is C17H24ClIN2. The summed E-state index contributed by atoms with van der Waals surface area (Å²) in [5.41, 5.74) is 1.35. The standard InChI is InChI=1S/C17H24ClIN2/c18-14-7-8-17(15(19)11-14)21-10-4-9-20-16(12-21)13-5-2-1-3-6-13/h7-8,11,13,16,20H,1-6,9-10,12H2. The van der Waals surface area contributed by atoms with Gasteiger partial charge < -0.3 is 10.2 Å². The topological polar surface area (TPSA) is 15.3 Å². The quantitative estimate of drug-likeness (QED) is 0.701. The predicted octanol–water partition coefficient (Wildman–Crippen LogP) is 4.69. The van der Waals surface area contributed by atoms with Crippen molar-refractivity contribution in [3.8, 4) is 0 Å². The van der Waals surface area contributed by atoms with E-state index in [1.54, 1.807) is 0 Å². The van der Waals surface area contributed by atoms with E-state index in [1.165, 1.54) is 47.8 Å². The van der Waals surface area contributed by atoms with Crippen molar-refractivity contribution >= 4 is 39.9 Å². The maximum Gasteiger partial charge on any atom is 0.0503 e. The van der Waals surface area contributed by atoms with Crippen molar-refractivity contribution in [2.45, 2.75) is 44.6 Å². The van der Waals surface area contributed by atoms with Gasteiger partial charge >= 0.3 is 0 Å². The third-order valence-electron chi connectivity index (χ3n) is 4.90. The second-order valence-corrected chi connectivity index (χ2v) is 7.95. The third-order valence-corrected chi connectivity index (χ3v) is 6.00. The molecule has 1 atom stereocenters. The van der Waals surface area contributed by atoms with Crippen LogP contribution in [0.2, 0.25) is 5.02 Å². The summed E-state index contributed by atoms with van der Waals surface area (Å²) in [6.45, 7) is 3.44. The lowest BCUT2D eigenvalue weighted by molar-refractivity contribution is 0.277. The second kappa shape index (κ2) is 7.51. The average Bonchev–Trinajstić information content (AvgIpc) is 2.74. The first-order valence-corrected chi connectivity index (χ1v) is 9.63. The molecular weight excluding hydrogens is 395 g/mol. The lowest BCUT2D eigenvalue weighted by Gasteiger charge is -2.34. The molecule has 0 spiro atoms. The molecule has 2 fully saturated rings. The minimum atomic E-state index is 0.652. The summed E-state index contributed by atoms with van der Waals surface area (Å²) in [5, 5.41) is 4.64. The molecule has 0 bridgehead atoms. The molecule has 1 unspecified atom stereocenters. The van der Waals surface area contributed by atoms with E-state index >= 15 is 0 Å².